The van der Waals surface area contributed by atoms with Crippen molar-refractivity contribution in [3.8, 4) is 0 Å². The van der Waals surface area contributed by atoms with Crippen LogP contribution in [0.25, 0.3) is 0 Å². The van der Waals surface area contributed by atoms with E-state index in [9.17, 15) is 19.5 Å². The van der Waals surface area contributed by atoms with E-state index in [1.54, 1.807) is 6.92 Å². The van der Waals surface area contributed by atoms with Crippen molar-refractivity contribution < 1.29 is 29.0 Å². The lowest BCUT2D eigenvalue weighted by molar-refractivity contribution is -0.160. The van der Waals surface area contributed by atoms with Crippen molar-refractivity contribution in [3.63, 3.8) is 0 Å². The summed E-state index contributed by atoms with van der Waals surface area (Å²) in [5.74, 6) is -2.63. The van der Waals surface area contributed by atoms with E-state index in [2.05, 4.69) is 5.32 Å². The number of esters is 1. The van der Waals surface area contributed by atoms with Gasteiger partial charge in [-0.2, -0.15) is 0 Å². The Labute approximate surface area is 206 Å². The summed E-state index contributed by atoms with van der Waals surface area (Å²) < 4.78 is 12.0. The summed E-state index contributed by atoms with van der Waals surface area (Å²) in [7, 11) is 0. The quantitative estimate of drug-likeness (QED) is 0.576. The van der Waals surface area contributed by atoms with Crippen LogP contribution in [0.4, 0.5) is 0 Å². The van der Waals surface area contributed by atoms with E-state index in [0.717, 1.165) is 37.7 Å². The van der Waals surface area contributed by atoms with Gasteiger partial charge in [0.15, 0.2) is 0 Å². The number of likely N-dealkylation sites (tertiary alicyclic amines) is 1. The van der Waals surface area contributed by atoms with E-state index in [0.29, 0.717) is 12.8 Å². The lowest BCUT2D eigenvalue weighted by Crippen LogP contribution is -2.57. The van der Waals surface area contributed by atoms with Gasteiger partial charge in [-0.05, 0) is 45.1 Å². The molecule has 1 saturated carbocycles. The summed E-state index contributed by atoms with van der Waals surface area (Å²) in [6, 6.07) is 7.66. The fraction of sp³-hybridized carbons (Fsp3) is 0.667. The van der Waals surface area contributed by atoms with Crippen LogP contribution >= 0.6 is 0 Å². The molecular weight excluding hydrogens is 448 g/mol. The first kappa shape index (κ1) is 24.3. The summed E-state index contributed by atoms with van der Waals surface area (Å²) in [4.78, 5) is 42.8. The number of fused-ring (bicyclic) bond motifs is 1. The molecule has 1 spiro atoms. The van der Waals surface area contributed by atoms with Gasteiger partial charge in [0.2, 0.25) is 11.8 Å². The van der Waals surface area contributed by atoms with Gasteiger partial charge in [0, 0.05) is 6.04 Å². The lowest BCUT2D eigenvalue weighted by Gasteiger charge is -2.38. The van der Waals surface area contributed by atoms with Gasteiger partial charge in [0.1, 0.15) is 17.6 Å². The van der Waals surface area contributed by atoms with Crippen molar-refractivity contribution in [2.24, 2.45) is 11.8 Å². The second kappa shape index (κ2) is 9.21. The van der Waals surface area contributed by atoms with E-state index in [1.807, 2.05) is 37.3 Å². The number of nitrogens with one attached hydrogen (secondary N) is 1. The molecule has 3 saturated heterocycles. The average molecular weight is 485 g/mol. The highest BCUT2D eigenvalue weighted by Gasteiger charge is 2.78. The molecule has 2 unspecified atom stereocenters. The molecule has 3 aliphatic heterocycles. The third kappa shape index (κ3) is 3.76. The molecule has 35 heavy (non-hydrogen) atoms. The molecule has 8 nitrogen and oxygen atoms in total. The number of nitrogens with zero attached hydrogens (tertiary/aromatic N) is 1. The molecular formula is C27H36N2O6. The fourth-order valence-electron chi connectivity index (χ4n) is 7.15. The molecule has 1 aliphatic carbocycles. The smallest absolute Gasteiger partial charge is 0.312 e. The van der Waals surface area contributed by atoms with Crippen LogP contribution in [-0.4, -0.2) is 64.3 Å². The maximum atomic E-state index is 14.2. The Morgan fingerprint density at radius 3 is 2.57 bits per heavy atom. The minimum absolute atomic E-state index is 0.0583. The van der Waals surface area contributed by atoms with E-state index >= 15 is 0 Å². The summed E-state index contributed by atoms with van der Waals surface area (Å²) >= 11 is 0. The van der Waals surface area contributed by atoms with E-state index in [4.69, 9.17) is 9.47 Å². The van der Waals surface area contributed by atoms with Crippen molar-refractivity contribution >= 4 is 17.8 Å². The monoisotopic (exact) mass is 484 g/mol. The maximum absolute atomic E-state index is 14.2. The molecule has 4 aliphatic rings. The van der Waals surface area contributed by atoms with Crippen LogP contribution in [0.2, 0.25) is 0 Å². The fourth-order valence-corrected chi connectivity index (χ4v) is 7.15. The van der Waals surface area contributed by atoms with Gasteiger partial charge in [0.05, 0.1) is 30.8 Å². The molecule has 1 aromatic rings. The molecule has 2 bridgehead atoms. The molecule has 190 valence electrons. The number of hydrogen-bond acceptors (Lipinski definition) is 6. The van der Waals surface area contributed by atoms with Crippen LogP contribution < -0.4 is 5.32 Å². The van der Waals surface area contributed by atoms with Gasteiger partial charge in [-0.15, -0.1) is 0 Å². The highest BCUT2D eigenvalue weighted by atomic mass is 16.6. The largest absolute Gasteiger partial charge is 0.466 e. The first-order chi connectivity index (χ1) is 16.9. The van der Waals surface area contributed by atoms with E-state index in [1.165, 1.54) is 4.90 Å². The number of aliphatic hydroxyl groups is 1. The molecule has 2 N–H and O–H groups in total. The molecule has 0 radical (unpaired) electrons. The first-order valence-corrected chi connectivity index (χ1v) is 13.0. The minimum atomic E-state index is -1.12. The van der Waals surface area contributed by atoms with Crippen molar-refractivity contribution in [2.45, 2.75) is 88.1 Å². The standard InChI is InChI=1S/C27H36N2O6/c1-3-34-25(33)21-20-24(32)29(19(16-30)17-10-6-4-7-11-17)22(27(20)15-14-26(21,2)35-27)23(31)28-18-12-8-5-9-13-18/h4,6-7,10-11,18-22,30H,3,5,8-9,12-16H2,1-2H3,(H,28,31)/t19-,20+,21-,22?,26+,27?/m1/s1. The molecule has 5 rings (SSSR count). The highest BCUT2D eigenvalue weighted by molar-refractivity contribution is 5.98. The van der Waals surface area contributed by atoms with Gasteiger partial charge in [-0.25, -0.2) is 0 Å². The van der Waals surface area contributed by atoms with Gasteiger partial charge >= 0.3 is 5.97 Å². The normalized spacial score (nSPS) is 35.1. The molecule has 8 heteroatoms. The van der Waals surface area contributed by atoms with Crippen LogP contribution in [0.3, 0.4) is 0 Å². The molecule has 4 fully saturated rings. The molecule has 6 atom stereocenters. The Balaban J connectivity index is 1.57. The van der Waals surface area contributed by atoms with Crippen molar-refractivity contribution in [1.82, 2.24) is 10.2 Å². The topological polar surface area (TPSA) is 105 Å². The minimum Gasteiger partial charge on any atom is -0.466 e. The van der Waals surface area contributed by atoms with Crippen LogP contribution in [0.1, 0.15) is 70.4 Å². The van der Waals surface area contributed by atoms with Gasteiger partial charge in [0.25, 0.3) is 0 Å². The van der Waals surface area contributed by atoms with E-state index < -0.39 is 41.1 Å². The maximum Gasteiger partial charge on any atom is 0.312 e. The molecule has 0 aromatic heterocycles. The zero-order valence-electron chi connectivity index (χ0n) is 20.6. The van der Waals surface area contributed by atoms with Crippen molar-refractivity contribution in [3.05, 3.63) is 35.9 Å². The Morgan fingerprint density at radius 1 is 1.20 bits per heavy atom. The number of rotatable bonds is 7. The van der Waals surface area contributed by atoms with Crippen molar-refractivity contribution in [1.29, 1.82) is 0 Å². The molecule has 3 heterocycles. The predicted molar refractivity (Wildman–Crippen MR) is 127 cm³/mol. The number of amides is 2. The number of carbonyl (C=O) groups excluding carboxylic acids is 3. The summed E-state index contributed by atoms with van der Waals surface area (Å²) in [5.41, 5.74) is -1.24. The number of carbonyl (C=O) groups is 3. The zero-order valence-corrected chi connectivity index (χ0v) is 20.6. The van der Waals surface area contributed by atoms with Crippen LogP contribution in [0, 0.1) is 11.8 Å². The lowest BCUT2D eigenvalue weighted by atomic mass is 9.66. The third-order valence-corrected chi connectivity index (χ3v) is 8.65. The zero-order chi connectivity index (χ0) is 24.8. The second-order valence-electron chi connectivity index (χ2n) is 10.7. The summed E-state index contributed by atoms with van der Waals surface area (Å²) in [6.07, 6.45) is 6.18. The van der Waals surface area contributed by atoms with Gasteiger partial charge in [-0.3, -0.25) is 14.4 Å². The van der Waals surface area contributed by atoms with Crippen molar-refractivity contribution in [2.75, 3.05) is 13.2 Å². The number of aliphatic hydroxyl groups excluding tert-OH is 1. The van der Waals surface area contributed by atoms with Crippen LogP contribution in [-0.2, 0) is 23.9 Å². The average Bonchev–Trinajstić information content (AvgIpc) is 3.42. The SMILES string of the molecule is CCOC(=O)[C@H]1[C@H]2C(=O)N([C@H](CO)c3ccccc3)C(C(=O)NC3CCCCC3)C23CC[C@]1(C)O3. The van der Waals surface area contributed by atoms with Gasteiger partial charge in [-0.1, -0.05) is 49.6 Å². The molecule has 1 aromatic carbocycles. The summed E-state index contributed by atoms with van der Waals surface area (Å²) in [6.45, 7) is 3.46. The Hall–Kier alpha value is -2.45. The predicted octanol–water partition coefficient (Wildman–Crippen LogP) is 2.50. The molecule has 2 amide bonds. The van der Waals surface area contributed by atoms with E-state index in [-0.39, 0.29) is 31.1 Å². The van der Waals surface area contributed by atoms with Gasteiger partial charge < -0.3 is 24.8 Å². The highest BCUT2D eigenvalue weighted by Crippen LogP contribution is 2.64. The number of ether oxygens (including phenoxy) is 2. The van der Waals surface area contributed by atoms with Crippen LogP contribution in [0.15, 0.2) is 30.3 Å². The Kier molecular flexibility index (Phi) is 6.38. The number of hydrogen-bond donors (Lipinski definition) is 2. The second-order valence-corrected chi connectivity index (χ2v) is 10.7. The van der Waals surface area contributed by atoms with Crippen LogP contribution in [0.5, 0.6) is 0 Å². The Morgan fingerprint density at radius 2 is 1.91 bits per heavy atom. The third-order valence-electron chi connectivity index (χ3n) is 8.65. The number of benzene rings is 1. The summed E-state index contributed by atoms with van der Waals surface area (Å²) in [5, 5.41) is 13.7. The Bertz CT molecular complexity index is 979. The first-order valence-electron chi connectivity index (χ1n) is 13.0.